The highest BCUT2D eigenvalue weighted by Crippen LogP contribution is 2.09. The van der Waals surface area contributed by atoms with E-state index in [-0.39, 0.29) is 12.4 Å². The number of hydrogen-bond donors (Lipinski definition) is 0. The van der Waals surface area contributed by atoms with E-state index in [2.05, 4.69) is 11.8 Å². The van der Waals surface area contributed by atoms with Crippen molar-refractivity contribution in [1.82, 2.24) is 4.90 Å². The molecule has 1 aliphatic rings. The van der Waals surface area contributed by atoms with Crippen LogP contribution in [0.2, 0.25) is 0 Å². The molecule has 1 nitrogen and oxygen atoms in total. The molecular formula is C10H22ClN. The third-order valence-corrected chi connectivity index (χ3v) is 2.53. The van der Waals surface area contributed by atoms with Crippen molar-refractivity contribution >= 4 is 12.4 Å². The molecule has 0 aromatic rings. The zero-order chi connectivity index (χ0) is 7.94. The van der Waals surface area contributed by atoms with Crippen molar-refractivity contribution in [2.45, 2.75) is 45.4 Å². The fraction of sp³-hybridized carbons (Fsp3) is 1.00. The SMILES string of the molecule is CCCCCN1CCCCC1.Cl. The Morgan fingerprint density at radius 3 is 2.25 bits per heavy atom. The number of nitrogens with zero attached hydrogens (tertiary/aromatic N) is 1. The van der Waals surface area contributed by atoms with Crippen LogP contribution in [0.3, 0.4) is 0 Å². The Morgan fingerprint density at radius 1 is 1.00 bits per heavy atom. The molecule has 1 aliphatic heterocycles. The van der Waals surface area contributed by atoms with E-state index in [9.17, 15) is 0 Å². The summed E-state index contributed by atoms with van der Waals surface area (Å²) in [6.45, 7) is 6.36. The minimum Gasteiger partial charge on any atom is -0.303 e. The van der Waals surface area contributed by atoms with Gasteiger partial charge in [-0.3, -0.25) is 0 Å². The van der Waals surface area contributed by atoms with E-state index in [0.717, 1.165) is 0 Å². The highest BCUT2D eigenvalue weighted by Gasteiger charge is 2.08. The van der Waals surface area contributed by atoms with Gasteiger partial charge in [-0.1, -0.05) is 26.2 Å². The van der Waals surface area contributed by atoms with E-state index >= 15 is 0 Å². The van der Waals surface area contributed by atoms with Gasteiger partial charge in [-0.2, -0.15) is 0 Å². The number of unbranched alkanes of at least 4 members (excludes halogenated alkanes) is 2. The molecule has 2 heteroatoms. The number of likely N-dealkylation sites (tertiary alicyclic amines) is 1. The predicted molar refractivity (Wildman–Crippen MR) is 57.1 cm³/mol. The maximum Gasteiger partial charge on any atom is -0.00187 e. The van der Waals surface area contributed by atoms with Gasteiger partial charge < -0.3 is 4.90 Å². The van der Waals surface area contributed by atoms with E-state index in [4.69, 9.17) is 0 Å². The normalized spacial score (nSPS) is 18.8. The average Bonchev–Trinajstić information content (AvgIpc) is 2.07. The Kier molecular flexibility index (Phi) is 8.04. The monoisotopic (exact) mass is 191 g/mol. The Balaban J connectivity index is 0.00000121. The number of halogens is 1. The van der Waals surface area contributed by atoms with Gasteiger partial charge in [0.2, 0.25) is 0 Å². The molecule has 1 saturated heterocycles. The van der Waals surface area contributed by atoms with Gasteiger partial charge in [0, 0.05) is 0 Å². The Hall–Kier alpha value is 0.250. The summed E-state index contributed by atoms with van der Waals surface area (Å²) in [7, 11) is 0. The first-order chi connectivity index (χ1) is 5.43. The second kappa shape index (κ2) is 7.88. The highest BCUT2D eigenvalue weighted by molar-refractivity contribution is 5.85. The van der Waals surface area contributed by atoms with Crippen LogP contribution in [-0.2, 0) is 0 Å². The third-order valence-electron chi connectivity index (χ3n) is 2.53. The van der Waals surface area contributed by atoms with Crippen LogP contribution in [0.5, 0.6) is 0 Å². The molecule has 0 aromatic heterocycles. The Bertz CT molecular complexity index is 89.8. The van der Waals surface area contributed by atoms with Crippen molar-refractivity contribution in [2.75, 3.05) is 19.6 Å². The summed E-state index contributed by atoms with van der Waals surface area (Å²) in [4.78, 5) is 2.62. The first kappa shape index (κ1) is 12.2. The first-order valence-electron chi connectivity index (χ1n) is 5.16. The van der Waals surface area contributed by atoms with Crippen LogP contribution in [0, 0.1) is 0 Å². The largest absolute Gasteiger partial charge is 0.303 e. The fourth-order valence-corrected chi connectivity index (χ4v) is 1.77. The van der Waals surface area contributed by atoms with Crippen molar-refractivity contribution in [3.63, 3.8) is 0 Å². The molecule has 0 bridgehead atoms. The predicted octanol–water partition coefficient (Wildman–Crippen LogP) is 3.08. The molecule has 0 aromatic carbocycles. The van der Waals surface area contributed by atoms with E-state index in [1.54, 1.807) is 0 Å². The fourth-order valence-electron chi connectivity index (χ4n) is 1.77. The lowest BCUT2D eigenvalue weighted by Gasteiger charge is -2.26. The maximum atomic E-state index is 2.62. The summed E-state index contributed by atoms with van der Waals surface area (Å²) in [5, 5.41) is 0. The topological polar surface area (TPSA) is 3.24 Å². The molecule has 0 N–H and O–H groups in total. The van der Waals surface area contributed by atoms with Gasteiger partial charge in [-0.15, -0.1) is 12.4 Å². The maximum absolute atomic E-state index is 2.62. The van der Waals surface area contributed by atoms with Crippen molar-refractivity contribution < 1.29 is 0 Å². The molecule has 0 amide bonds. The molecule has 1 heterocycles. The smallest absolute Gasteiger partial charge is 0.00187 e. The molecule has 12 heavy (non-hydrogen) atoms. The van der Waals surface area contributed by atoms with Crippen LogP contribution in [-0.4, -0.2) is 24.5 Å². The molecule has 0 aliphatic carbocycles. The molecule has 74 valence electrons. The first-order valence-corrected chi connectivity index (χ1v) is 5.16. The summed E-state index contributed by atoms with van der Waals surface area (Å²) in [5.74, 6) is 0. The molecule has 0 saturated carbocycles. The third kappa shape index (κ3) is 5.00. The lowest BCUT2D eigenvalue weighted by atomic mass is 10.1. The van der Waals surface area contributed by atoms with Crippen molar-refractivity contribution in [2.24, 2.45) is 0 Å². The van der Waals surface area contributed by atoms with E-state index < -0.39 is 0 Å². The molecule has 1 fully saturated rings. The Morgan fingerprint density at radius 2 is 1.67 bits per heavy atom. The van der Waals surface area contributed by atoms with Crippen LogP contribution in [0.1, 0.15) is 45.4 Å². The van der Waals surface area contributed by atoms with Crippen LogP contribution in [0.25, 0.3) is 0 Å². The van der Waals surface area contributed by atoms with Crippen molar-refractivity contribution in [1.29, 1.82) is 0 Å². The minimum atomic E-state index is 0. The minimum absolute atomic E-state index is 0. The van der Waals surface area contributed by atoms with E-state index in [1.165, 1.54) is 58.2 Å². The molecular weight excluding hydrogens is 170 g/mol. The lowest BCUT2D eigenvalue weighted by molar-refractivity contribution is 0.224. The van der Waals surface area contributed by atoms with Gasteiger partial charge in [-0.25, -0.2) is 0 Å². The van der Waals surface area contributed by atoms with Gasteiger partial charge in [0.15, 0.2) is 0 Å². The van der Waals surface area contributed by atoms with Gasteiger partial charge >= 0.3 is 0 Å². The van der Waals surface area contributed by atoms with Crippen molar-refractivity contribution in [3.8, 4) is 0 Å². The van der Waals surface area contributed by atoms with Crippen molar-refractivity contribution in [3.05, 3.63) is 0 Å². The van der Waals surface area contributed by atoms with E-state index in [1.807, 2.05) is 0 Å². The van der Waals surface area contributed by atoms with Gasteiger partial charge in [0.25, 0.3) is 0 Å². The second-order valence-corrected chi connectivity index (χ2v) is 3.61. The average molecular weight is 192 g/mol. The highest BCUT2D eigenvalue weighted by atomic mass is 35.5. The van der Waals surface area contributed by atoms with Gasteiger partial charge in [-0.05, 0) is 38.9 Å². The molecule has 0 atom stereocenters. The van der Waals surface area contributed by atoms with Crippen LogP contribution >= 0.6 is 12.4 Å². The number of rotatable bonds is 4. The van der Waals surface area contributed by atoms with E-state index in [0.29, 0.717) is 0 Å². The number of hydrogen-bond acceptors (Lipinski definition) is 1. The molecule has 0 spiro atoms. The van der Waals surface area contributed by atoms with Crippen LogP contribution in [0.15, 0.2) is 0 Å². The summed E-state index contributed by atoms with van der Waals surface area (Å²) in [5.41, 5.74) is 0. The zero-order valence-corrected chi connectivity index (χ0v) is 9.04. The molecule has 1 rings (SSSR count). The molecule has 0 unspecified atom stereocenters. The second-order valence-electron chi connectivity index (χ2n) is 3.61. The summed E-state index contributed by atoms with van der Waals surface area (Å²) >= 11 is 0. The van der Waals surface area contributed by atoms with Gasteiger partial charge in [0.05, 0.1) is 0 Å². The summed E-state index contributed by atoms with van der Waals surface area (Å²) < 4.78 is 0. The zero-order valence-electron chi connectivity index (χ0n) is 8.22. The number of piperidine rings is 1. The summed E-state index contributed by atoms with van der Waals surface area (Å²) in [6.07, 6.45) is 8.52. The van der Waals surface area contributed by atoms with Crippen LogP contribution in [0.4, 0.5) is 0 Å². The Labute approximate surface area is 82.9 Å². The molecule has 0 radical (unpaired) electrons. The van der Waals surface area contributed by atoms with Crippen LogP contribution < -0.4 is 0 Å². The summed E-state index contributed by atoms with van der Waals surface area (Å²) in [6, 6.07) is 0. The standard InChI is InChI=1S/C10H21N.ClH/c1-2-3-5-8-11-9-6-4-7-10-11;/h2-10H2,1H3;1H. The van der Waals surface area contributed by atoms with Gasteiger partial charge in [0.1, 0.15) is 0 Å². The lowest BCUT2D eigenvalue weighted by Crippen LogP contribution is -2.30. The quantitative estimate of drug-likeness (QED) is 0.618.